The smallest absolute Gasteiger partial charge is 0.232 e. The molecule has 6 heteroatoms. The van der Waals surface area contributed by atoms with Gasteiger partial charge in [0.05, 0.1) is 4.75 Å². The van der Waals surface area contributed by atoms with E-state index in [0.29, 0.717) is 24.6 Å². The van der Waals surface area contributed by atoms with E-state index in [0.717, 1.165) is 11.1 Å². The molecule has 0 saturated heterocycles. The van der Waals surface area contributed by atoms with Crippen molar-refractivity contribution in [3.8, 4) is 11.4 Å². The van der Waals surface area contributed by atoms with E-state index in [1.807, 2.05) is 45.0 Å². The lowest BCUT2D eigenvalue weighted by atomic mass is 9.97. The Morgan fingerprint density at radius 3 is 2.14 bits per heavy atom. The van der Waals surface area contributed by atoms with Gasteiger partial charge in [-0.15, -0.1) is 0 Å². The summed E-state index contributed by atoms with van der Waals surface area (Å²) in [5.41, 5.74) is 1.48. The number of sulfone groups is 1. The van der Waals surface area contributed by atoms with Gasteiger partial charge >= 0.3 is 0 Å². The molecule has 1 aliphatic rings. The van der Waals surface area contributed by atoms with Gasteiger partial charge in [0.2, 0.25) is 11.7 Å². The molecule has 5 nitrogen and oxygen atoms in total. The van der Waals surface area contributed by atoms with Gasteiger partial charge in [0.15, 0.2) is 9.84 Å². The summed E-state index contributed by atoms with van der Waals surface area (Å²) in [4.78, 5) is 4.41. The van der Waals surface area contributed by atoms with Crippen LogP contribution in [0, 0.1) is 0 Å². The lowest BCUT2D eigenvalue weighted by Gasteiger charge is -2.13. The van der Waals surface area contributed by atoms with Crippen LogP contribution in [0.15, 0.2) is 28.8 Å². The number of nitrogens with zero attached hydrogens (tertiary/aromatic N) is 2. The average Bonchev–Trinajstić information content (AvgIpc) is 3.08. The number of rotatable bonds is 3. The topological polar surface area (TPSA) is 73.1 Å². The van der Waals surface area contributed by atoms with Gasteiger partial charge in [-0.1, -0.05) is 50.2 Å². The molecule has 3 rings (SSSR count). The molecule has 0 N–H and O–H groups in total. The van der Waals surface area contributed by atoms with Crippen molar-refractivity contribution < 1.29 is 12.9 Å². The number of benzene rings is 1. The van der Waals surface area contributed by atoms with E-state index in [4.69, 9.17) is 4.52 Å². The van der Waals surface area contributed by atoms with Crippen LogP contribution in [0.25, 0.3) is 11.4 Å². The zero-order valence-corrected chi connectivity index (χ0v) is 14.1. The highest BCUT2D eigenvalue weighted by Gasteiger charge is 2.53. The average molecular weight is 320 g/mol. The van der Waals surface area contributed by atoms with Crippen molar-refractivity contribution in [2.45, 2.75) is 43.8 Å². The summed E-state index contributed by atoms with van der Waals surface area (Å²) in [6, 6.07) is 7.43. The third-order valence-electron chi connectivity index (χ3n) is 4.15. The number of hydrogen-bond donors (Lipinski definition) is 0. The largest absolute Gasteiger partial charge is 0.338 e. The third-order valence-corrected chi connectivity index (χ3v) is 6.21. The van der Waals surface area contributed by atoms with Crippen LogP contribution in [0.4, 0.5) is 0 Å². The molecule has 1 saturated carbocycles. The number of aromatic nitrogens is 2. The van der Waals surface area contributed by atoms with E-state index in [-0.39, 0.29) is 5.41 Å². The summed E-state index contributed by atoms with van der Waals surface area (Å²) < 4.78 is 28.5. The summed E-state index contributed by atoms with van der Waals surface area (Å²) in [7, 11) is -3.09. The van der Waals surface area contributed by atoms with Crippen LogP contribution in [0.1, 0.15) is 45.1 Å². The molecule has 0 radical (unpaired) electrons. The molecule has 0 aliphatic heterocycles. The minimum Gasteiger partial charge on any atom is -0.338 e. The van der Waals surface area contributed by atoms with Gasteiger partial charge in [-0.05, 0) is 18.4 Å². The quantitative estimate of drug-likeness (QED) is 0.869. The lowest BCUT2D eigenvalue weighted by Crippen LogP contribution is -2.19. The fourth-order valence-electron chi connectivity index (χ4n) is 2.56. The van der Waals surface area contributed by atoms with Gasteiger partial charge in [-0.25, -0.2) is 8.42 Å². The van der Waals surface area contributed by atoms with E-state index in [1.165, 1.54) is 6.26 Å². The van der Waals surface area contributed by atoms with Crippen LogP contribution in [0.5, 0.6) is 0 Å². The van der Waals surface area contributed by atoms with E-state index in [9.17, 15) is 8.42 Å². The Kier molecular flexibility index (Phi) is 3.22. The van der Waals surface area contributed by atoms with Crippen LogP contribution >= 0.6 is 0 Å². The van der Waals surface area contributed by atoms with E-state index < -0.39 is 14.6 Å². The number of hydrogen-bond acceptors (Lipinski definition) is 5. The molecule has 1 heterocycles. The molecule has 0 spiro atoms. The van der Waals surface area contributed by atoms with Crippen molar-refractivity contribution in [1.29, 1.82) is 0 Å². The van der Waals surface area contributed by atoms with Gasteiger partial charge in [-0.2, -0.15) is 4.98 Å². The molecule has 118 valence electrons. The molecule has 1 aromatic heterocycles. The first-order valence-electron chi connectivity index (χ1n) is 7.28. The van der Waals surface area contributed by atoms with Crippen LogP contribution in [0.3, 0.4) is 0 Å². The highest BCUT2D eigenvalue weighted by molar-refractivity contribution is 7.92. The normalized spacial score (nSPS) is 17.5. The second-order valence-corrected chi connectivity index (χ2v) is 9.34. The first-order chi connectivity index (χ1) is 10.1. The molecule has 2 aromatic rings. The van der Waals surface area contributed by atoms with Crippen LogP contribution in [0.2, 0.25) is 0 Å². The molecule has 0 unspecified atom stereocenters. The summed E-state index contributed by atoms with van der Waals surface area (Å²) in [6.07, 6.45) is 2.70. The van der Waals surface area contributed by atoms with E-state index in [1.54, 1.807) is 0 Å². The Morgan fingerprint density at radius 2 is 1.73 bits per heavy atom. The molecule has 1 aliphatic carbocycles. The summed E-state index contributed by atoms with van der Waals surface area (Å²) >= 11 is 0. The Bertz CT molecular complexity index is 795. The van der Waals surface area contributed by atoms with Crippen LogP contribution in [-0.4, -0.2) is 24.8 Å². The molecule has 0 bridgehead atoms. The van der Waals surface area contributed by atoms with Crippen molar-refractivity contribution in [3.63, 3.8) is 0 Å². The first-order valence-corrected chi connectivity index (χ1v) is 9.17. The fraction of sp³-hybridized carbons (Fsp3) is 0.500. The lowest BCUT2D eigenvalue weighted by molar-refractivity contribution is 0.321. The van der Waals surface area contributed by atoms with Crippen molar-refractivity contribution >= 4 is 9.84 Å². The maximum Gasteiger partial charge on any atom is 0.232 e. The maximum atomic E-state index is 11.9. The van der Waals surface area contributed by atoms with Gasteiger partial charge in [0.25, 0.3) is 0 Å². The van der Waals surface area contributed by atoms with Crippen molar-refractivity contribution in [2.75, 3.05) is 6.26 Å². The molecular weight excluding hydrogens is 300 g/mol. The summed E-state index contributed by atoms with van der Waals surface area (Å²) in [5.74, 6) is 1.11. The van der Waals surface area contributed by atoms with Crippen LogP contribution in [-0.2, 0) is 20.0 Å². The standard InChI is InChI=1S/C16H20N2O3S/c1-15(2,3)14-17-13(18-21-14)11-5-7-12(8-6-11)16(9-10-16)22(4,19)20/h5-8H,9-10H2,1-4H3. The van der Waals surface area contributed by atoms with Crippen LogP contribution < -0.4 is 0 Å². The Hall–Kier alpha value is -1.69. The minimum atomic E-state index is -3.09. The van der Waals surface area contributed by atoms with Gasteiger partial charge < -0.3 is 4.52 Å². The molecule has 1 fully saturated rings. The predicted octanol–water partition coefficient (Wildman–Crippen LogP) is 3.07. The third kappa shape index (κ3) is 2.45. The van der Waals surface area contributed by atoms with E-state index in [2.05, 4.69) is 10.1 Å². The predicted molar refractivity (Wildman–Crippen MR) is 84.2 cm³/mol. The summed E-state index contributed by atoms with van der Waals surface area (Å²) in [5, 5.41) is 4.00. The Labute approximate surface area is 130 Å². The van der Waals surface area contributed by atoms with Gasteiger partial charge in [-0.3, -0.25) is 0 Å². The summed E-state index contributed by atoms with van der Waals surface area (Å²) in [6.45, 7) is 6.03. The van der Waals surface area contributed by atoms with Crippen molar-refractivity contribution in [3.05, 3.63) is 35.7 Å². The molecule has 0 amide bonds. The second-order valence-electron chi connectivity index (χ2n) is 7.02. The fourth-order valence-corrected chi connectivity index (χ4v) is 3.96. The second kappa shape index (κ2) is 4.65. The highest BCUT2D eigenvalue weighted by Crippen LogP contribution is 2.52. The molecule has 1 aromatic carbocycles. The molecular formula is C16H20N2O3S. The van der Waals surface area contributed by atoms with Crippen molar-refractivity contribution in [2.24, 2.45) is 0 Å². The zero-order chi connectivity index (χ0) is 16.2. The molecule has 22 heavy (non-hydrogen) atoms. The SMILES string of the molecule is CC(C)(C)c1nc(-c2ccc(C3(S(C)(=O)=O)CC3)cc2)no1. The minimum absolute atomic E-state index is 0.195. The monoisotopic (exact) mass is 320 g/mol. The maximum absolute atomic E-state index is 11.9. The van der Waals surface area contributed by atoms with E-state index >= 15 is 0 Å². The first kappa shape index (κ1) is 15.2. The molecule has 0 atom stereocenters. The Morgan fingerprint density at radius 1 is 1.14 bits per heavy atom. The zero-order valence-electron chi connectivity index (χ0n) is 13.3. The van der Waals surface area contributed by atoms with Gasteiger partial charge in [0, 0.05) is 17.2 Å². The van der Waals surface area contributed by atoms with Gasteiger partial charge in [0.1, 0.15) is 0 Å². The Balaban J connectivity index is 1.91. The van der Waals surface area contributed by atoms with Crippen molar-refractivity contribution in [1.82, 2.24) is 10.1 Å². The highest BCUT2D eigenvalue weighted by atomic mass is 32.2.